The van der Waals surface area contributed by atoms with Crippen molar-refractivity contribution in [2.75, 3.05) is 6.54 Å². The van der Waals surface area contributed by atoms with Crippen molar-refractivity contribution in [1.82, 2.24) is 15.1 Å². The van der Waals surface area contributed by atoms with Gasteiger partial charge in [0.05, 0.1) is 6.20 Å². The molecule has 1 N–H and O–H groups in total. The lowest BCUT2D eigenvalue weighted by Gasteiger charge is -2.32. The molecule has 112 valence electrons. The Kier molecular flexibility index (Phi) is 3.68. The summed E-state index contributed by atoms with van der Waals surface area (Å²) in [5, 5.41) is 7.71. The Morgan fingerprint density at radius 1 is 1.43 bits per heavy atom. The maximum atomic E-state index is 13.5. The Morgan fingerprint density at radius 3 is 2.90 bits per heavy atom. The number of aryl methyl sites for hydroxylation is 1. The van der Waals surface area contributed by atoms with Gasteiger partial charge in [0.2, 0.25) is 0 Å². The second kappa shape index (κ2) is 5.48. The van der Waals surface area contributed by atoms with Gasteiger partial charge in [0, 0.05) is 36.3 Å². The third kappa shape index (κ3) is 2.53. The largest absolute Gasteiger partial charge is 0.485 e. The molecule has 5 heteroatoms. The van der Waals surface area contributed by atoms with Gasteiger partial charge in [-0.15, -0.1) is 0 Å². The molecule has 4 nitrogen and oxygen atoms in total. The molecule has 1 aliphatic heterocycles. The van der Waals surface area contributed by atoms with E-state index in [4.69, 9.17) is 4.74 Å². The van der Waals surface area contributed by atoms with Crippen molar-refractivity contribution in [1.29, 1.82) is 0 Å². The predicted octanol–water partition coefficient (Wildman–Crippen LogP) is 3.04. The van der Waals surface area contributed by atoms with E-state index >= 15 is 0 Å². The molecule has 2 atom stereocenters. The maximum absolute atomic E-state index is 13.5. The summed E-state index contributed by atoms with van der Waals surface area (Å²) in [6.07, 6.45) is 2.58. The van der Waals surface area contributed by atoms with Gasteiger partial charge in [-0.05, 0) is 31.7 Å². The van der Waals surface area contributed by atoms with Crippen LogP contribution in [0, 0.1) is 12.7 Å². The molecule has 0 saturated heterocycles. The lowest BCUT2D eigenvalue weighted by atomic mass is 9.93. The van der Waals surface area contributed by atoms with E-state index in [0.717, 1.165) is 35.5 Å². The van der Waals surface area contributed by atoms with Crippen LogP contribution in [0.2, 0.25) is 0 Å². The monoisotopic (exact) mass is 289 g/mol. The summed E-state index contributed by atoms with van der Waals surface area (Å²) in [4.78, 5) is 0. The minimum absolute atomic E-state index is 0.0549. The lowest BCUT2D eigenvalue weighted by molar-refractivity contribution is 0.151. The van der Waals surface area contributed by atoms with E-state index in [1.54, 1.807) is 12.1 Å². The number of benzene rings is 1. The number of aromatic nitrogens is 2. The minimum Gasteiger partial charge on any atom is -0.485 e. The highest BCUT2D eigenvalue weighted by atomic mass is 19.1. The highest BCUT2D eigenvalue weighted by molar-refractivity contribution is 5.40. The Balaban J connectivity index is 1.97. The molecule has 0 fully saturated rings. The molecule has 0 bridgehead atoms. The van der Waals surface area contributed by atoms with Crippen molar-refractivity contribution in [3.8, 4) is 5.75 Å². The molecule has 2 unspecified atom stereocenters. The summed E-state index contributed by atoms with van der Waals surface area (Å²) < 4.78 is 21.4. The van der Waals surface area contributed by atoms with E-state index in [1.807, 2.05) is 24.9 Å². The summed E-state index contributed by atoms with van der Waals surface area (Å²) in [6, 6.07) is 4.82. The molecular weight excluding hydrogens is 269 g/mol. The minimum atomic E-state index is -0.226. The Bertz CT molecular complexity index is 653. The van der Waals surface area contributed by atoms with E-state index < -0.39 is 0 Å². The van der Waals surface area contributed by atoms with E-state index in [1.165, 1.54) is 6.07 Å². The third-order valence-corrected chi connectivity index (χ3v) is 4.14. The number of hydrogen-bond acceptors (Lipinski definition) is 3. The summed E-state index contributed by atoms with van der Waals surface area (Å²) in [5.74, 6) is 0.526. The normalized spacial score (nSPS) is 21.0. The smallest absolute Gasteiger partial charge is 0.129 e. The third-order valence-electron chi connectivity index (χ3n) is 4.14. The Morgan fingerprint density at radius 2 is 2.24 bits per heavy atom. The van der Waals surface area contributed by atoms with Gasteiger partial charge < -0.3 is 10.1 Å². The van der Waals surface area contributed by atoms with Gasteiger partial charge >= 0.3 is 0 Å². The van der Waals surface area contributed by atoms with Crippen LogP contribution in [0.25, 0.3) is 0 Å². The zero-order valence-electron chi connectivity index (χ0n) is 12.6. The standard InChI is InChI=1S/C16H20FN3O/c1-4-18-14-8-16(13-9-19-20(3)10(13)2)21-15-6-5-11(17)7-12(14)15/h5-7,9,14,16,18H,4,8H2,1-3H3. The highest BCUT2D eigenvalue weighted by Gasteiger charge is 2.31. The van der Waals surface area contributed by atoms with Crippen LogP contribution in [-0.2, 0) is 7.05 Å². The number of hydrogen-bond donors (Lipinski definition) is 1. The number of halogens is 1. The van der Waals surface area contributed by atoms with E-state index in [0.29, 0.717) is 0 Å². The molecule has 2 heterocycles. The van der Waals surface area contributed by atoms with Crippen LogP contribution in [0.1, 0.15) is 42.3 Å². The fourth-order valence-electron chi connectivity index (χ4n) is 2.90. The Labute approximate surface area is 123 Å². The topological polar surface area (TPSA) is 39.1 Å². The van der Waals surface area contributed by atoms with Gasteiger partial charge in [0.15, 0.2) is 0 Å². The van der Waals surface area contributed by atoms with Crippen LogP contribution in [0.4, 0.5) is 4.39 Å². The summed E-state index contributed by atoms with van der Waals surface area (Å²) >= 11 is 0. The van der Waals surface area contributed by atoms with E-state index in [2.05, 4.69) is 17.3 Å². The van der Waals surface area contributed by atoms with Crippen LogP contribution >= 0.6 is 0 Å². The summed E-state index contributed by atoms with van der Waals surface area (Å²) in [7, 11) is 1.92. The van der Waals surface area contributed by atoms with Crippen molar-refractivity contribution in [2.45, 2.75) is 32.4 Å². The molecule has 0 aliphatic carbocycles. The van der Waals surface area contributed by atoms with Gasteiger partial charge in [-0.25, -0.2) is 4.39 Å². The van der Waals surface area contributed by atoms with Crippen LogP contribution < -0.4 is 10.1 Å². The van der Waals surface area contributed by atoms with Crippen LogP contribution in [0.15, 0.2) is 24.4 Å². The fourth-order valence-corrected chi connectivity index (χ4v) is 2.90. The zero-order valence-corrected chi connectivity index (χ0v) is 12.6. The van der Waals surface area contributed by atoms with E-state index in [-0.39, 0.29) is 18.0 Å². The summed E-state index contributed by atoms with van der Waals surface area (Å²) in [6.45, 7) is 4.92. The molecule has 2 aromatic rings. The number of fused-ring (bicyclic) bond motifs is 1. The SMILES string of the molecule is CCNC1CC(c2cnn(C)c2C)Oc2ccc(F)cc21. The second-order valence-electron chi connectivity index (χ2n) is 5.44. The first kappa shape index (κ1) is 14.1. The number of rotatable bonds is 3. The molecule has 0 saturated carbocycles. The number of nitrogens with zero attached hydrogens (tertiary/aromatic N) is 2. The average Bonchev–Trinajstić information content (AvgIpc) is 2.80. The molecule has 21 heavy (non-hydrogen) atoms. The lowest BCUT2D eigenvalue weighted by Crippen LogP contribution is -2.29. The predicted molar refractivity (Wildman–Crippen MR) is 78.7 cm³/mol. The molecular formula is C16H20FN3O. The second-order valence-corrected chi connectivity index (χ2v) is 5.44. The average molecular weight is 289 g/mol. The molecule has 3 rings (SSSR count). The van der Waals surface area contributed by atoms with Crippen LogP contribution in [0.5, 0.6) is 5.75 Å². The molecule has 0 radical (unpaired) electrons. The fraction of sp³-hybridized carbons (Fsp3) is 0.438. The van der Waals surface area contributed by atoms with Gasteiger partial charge in [-0.2, -0.15) is 5.10 Å². The van der Waals surface area contributed by atoms with E-state index in [9.17, 15) is 4.39 Å². The number of ether oxygens (including phenoxy) is 1. The molecule has 0 amide bonds. The van der Waals surface area contributed by atoms with Crippen molar-refractivity contribution >= 4 is 0 Å². The van der Waals surface area contributed by atoms with Crippen LogP contribution in [-0.4, -0.2) is 16.3 Å². The first-order chi connectivity index (χ1) is 10.1. The van der Waals surface area contributed by atoms with Crippen molar-refractivity contribution in [3.63, 3.8) is 0 Å². The van der Waals surface area contributed by atoms with Crippen molar-refractivity contribution < 1.29 is 9.13 Å². The Hall–Kier alpha value is -1.88. The van der Waals surface area contributed by atoms with Gasteiger partial charge in [0.1, 0.15) is 17.7 Å². The zero-order chi connectivity index (χ0) is 15.0. The maximum Gasteiger partial charge on any atom is 0.129 e. The molecule has 0 spiro atoms. The first-order valence-electron chi connectivity index (χ1n) is 7.28. The molecule has 1 aromatic heterocycles. The summed E-state index contributed by atoms with van der Waals surface area (Å²) in [5.41, 5.74) is 3.09. The van der Waals surface area contributed by atoms with Gasteiger partial charge in [0.25, 0.3) is 0 Å². The quantitative estimate of drug-likeness (QED) is 0.944. The van der Waals surface area contributed by atoms with Gasteiger partial charge in [-0.1, -0.05) is 6.92 Å². The number of nitrogens with one attached hydrogen (secondary N) is 1. The highest BCUT2D eigenvalue weighted by Crippen LogP contribution is 2.41. The van der Waals surface area contributed by atoms with Gasteiger partial charge in [-0.3, -0.25) is 4.68 Å². The molecule has 1 aromatic carbocycles. The van der Waals surface area contributed by atoms with Crippen LogP contribution in [0.3, 0.4) is 0 Å². The first-order valence-corrected chi connectivity index (χ1v) is 7.28. The van der Waals surface area contributed by atoms with Crippen molar-refractivity contribution in [2.24, 2.45) is 7.05 Å². The molecule has 1 aliphatic rings. The van der Waals surface area contributed by atoms with Crippen molar-refractivity contribution in [3.05, 3.63) is 47.0 Å².